The van der Waals surface area contributed by atoms with E-state index in [-0.39, 0.29) is 0 Å². The maximum absolute atomic E-state index is 6.03. The molecule has 1 aromatic carbocycles. The van der Waals surface area contributed by atoms with Gasteiger partial charge in [0.1, 0.15) is 12.4 Å². The summed E-state index contributed by atoms with van der Waals surface area (Å²) in [6.07, 6.45) is 0.889. The number of nitrogens with zero attached hydrogens (tertiary/aromatic N) is 1. The highest BCUT2D eigenvalue weighted by atomic mass is 35.5. The average molecular weight is 269 g/mol. The van der Waals surface area contributed by atoms with Gasteiger partial charge in [-0.05, 0) is 30.2 Å². The first kappa shape index (κ1) is 12.2. The Morgan fingerprint density at radius 1 is 1.47 bits per heavy atom. The fraction of sp³-hybridized carbons (Fsp3) is 0.250. The second-order valence-electron chi connectivity index (χ2n) is 3.57. The molecule has 5 heteroatoms. The van der Waals surface area contributed by atoms with Crippen LogP contribution in [0.5, 0.6) is 5.75 Å². The lowest BCUT2D eigenvalue weighted by Gasteiger charge is -2.07. The van der Waals surface area contributed by atoms with Gasteiger partial charge >= 0.3 is 0 Å². The van der Waals surface area contributed by atoms with Crippen molar-refractivity contribution in [3.8, 4) is 5.75 Å². The molecule has 0 saturated heterocycles. The maximum Gasteiger partial charge on any atom is 0.180 e. The zero-order valence-electron chi connectivity index (χ0n) is 9.44. The summed E-state index contributed by atoms with van der Waals surface area (Å²) in [5.41, 5.74) is 7.48. The predicted octanol–water partition coefficient (Wildman–Crippen LogP) is 3.52. The van der Waals surface area contributed by atoms with Crippen LogP contribution in [0.3, 0.4) is 0 Å². The highest BCUT2D eigenvalue weighted by Crippen LogP contribution is 2.23. The van der Waals surface area contributed by atoms with Gasteiger partial charge in [-0.2, -0.15) is 0 Å². The largest absolute Gasteiger partial charge is 0.487 e. The van der Waals surface area contributed by atoms with Crippen molar-refractivity contribution in [3.63, 3.8) is 0 Å². The summed E-state index contributed by atoms with van der Waals surface area (Å²) in [7, 11) is 0. The number of aromatic nitrogens is 1. The van der Waals surface area contributed by atoms with Gasteiger partial charge in [0.05, 0.1) is 5.69 Å². The molecule has 2 rings (SSSR count). The molecule has 0 spiro atoms. The SMILES string of the molecule is CCc1cc(OCc2csc(N)n2)ccc1Cl. The van der Waals surface area contributed by atoms with Crippen molar-refractivity contribution in [2.75, 3.05) is 5.73 Å². The Morgan fingerprint density at radius 2 is 2.29 bits per heavy atom. The predicted molar refractivity (Wildman–Crippen MR) is 71.7 cm³/mol. The molecule has 90 valence electrons. The van der Waals surface area contributed by atoms with E-state index in [0.29, 0.717) is 11.7 Å². The van der Waals surface area contributed by atoms with E-state index >= 15 is 0 Å². The summed E-state index contributed by atoms with van der Waals surface area (Å²) in [4.78, 5) is 4.13. The van der Waals surface area contributed by atoms with Crippen LogP contribution in [0.25, 0.3) is 0 Å². The first-order chi connectivity index (χ1) is 8.19. The van der Waals surface area contributed by atoms with Gasteiger partial charge < -0.3 is 10.5 Å². The summed E-state index contributed by atoms with van der Waals surface area (Å²) < 4.78 is 5.63. The fourth-order valence-electron chi connectivity index (χ4n) is 1.46. The molecule has 17 heavy (non-hydrogen) atoms. The smallest absolute Gasteiger partial charge is 0.180 e. The van der Waals surface area contributed by atoms with Crippen molar-refractivity contribution in [2.45, 2.75) is 20.0 Å². The number of nitrogen functional groups attached to an aromatic ring is 1. The Hall–Kier alpha value is -1.26. The number of aryl methyl sites for hydroxylation is 1. The first-order valence-electron chi connectivity index (χ1n) is 5.30. The van der Waals surface area contributed by atoms with Gasteiger partial charge in [0.25, 0.3) is 0 Å². The Morgan fingerprint density at radius 3 is 2.94 bits per heavy atom. The van der Waals surface area contributed by atoms with E-state index in [1.165, 1.54) is 11.3 Å². The third kappa shape index (κ3) is 3.11. The van der Waals surface area contributed by atoms with E-state index in [1.807, 2.05) is 23.6 Å². The number of benzene rings is 1. The molecule has 2 N–H and O–H groups in total. The standard InChI is InChI=1S/C12H13ClN2OS/c1-2-8-5-10(3-4-11(8)13)16-6-9-7-17-12(14)15-9/h3-5,7H,2,6H2,1H3,(H2,14,15). The molecule has 0 radical (unpaired) electrons. The number of hydrogen-bond donors (Lipinski definition) is 1. The molecule has 0 aliphatic carbocycles. The van der Waals surface area contributed by atoms with E-state index in [9.17, 15) is 0 Å². The van der Waals surface area contributed by atoms with Gasteiger partial charge in [0.2, 0.25) is 0 Å². The van der Waals surface area contributed by atoms with Gasteiger partial charge in [0, 0.05) is 10.4 Å². The van der Waals surface area contributed by atoms with E-state index in [2.05, 4.69) is 11.9 Å². The summed E-state index contributed by atoms with van der Waals surface area (Å²) >= 11 is 7.45. The molecular formula is C12H13ClN2OS. The van der Waals surface area contributed by atoms with Crippen LogP contribution < -0.4 is 10.5 Å². The van der Waals surface area contributed by atoms with Crippen LogP contribution in [-0.4, -0.2) is 4.98 Å². The highest BCUT2D eigenvalue weighted by molar-refractivity contribution is 7.13. The third-order valence-electron chi connectivity index (χ3n) is 2.35. The van der Waals surface area contributed by atoms with Crippen molar-refractivity contribution in [2.24, 2.45) is 0 Å². The van der Waals surface area contributed by atoms with Crippen molar-refractivity contribution in [1.82, 2.24) is 4.98 Å². The number of hydrogen-bond acceptors (Lipinski definition) is 4. The minimum atomic E-state index is 0.429. The van der Waals surface area contributed by atoms with Crippen molar-refractivity contribution < 1.29 is 4.74 Å². The number of thiazole rings is 1. The van der Waals surface area contributed by atoms with E-state index < -0.39 is 0 Å². The molecule has 0 atom stereocenters. The highest BCUT2D eigenvalue weighted by Gasteiger charge is 2.03. The third-order valence-corrected chi connectivity index (χ3v) is 3.45. The lowest BCUT2D eigenvalue weighted by atomic mass is 10.1. The van der Waals surface area contributed by atoms with Crippen LogP contribution in [0.1, 0.15) is 18.2 Å². The van der Waals surface area contributed by atoms with Crippen LogP contribution in [-0.2, 0) is 13.0 Å². The van der Waals surface area contributed by atoms with Crippen LogP contribution in [0.2, 0.25) is 5.02 Å². The molecule has 0 aliphatic rings. The zero-order valence-corrected chi connectivity index (χ0v) is 11.0. The number of nitrogens with two attached hydrogens (primary N) is 1. The molecule has 2 aromatic rings. The lowest BCUT2D eigenvalue weighted by molar-refractivity contribution is 0.302. The van der Waals surface area contributed by atoms with Crippen molar-refractivity contribution in [3.05, 3.63) is 39.9 Å². The fourth-order valence-corrected chi connectivity index (χ4v) is 2.26. The van der Waals surface area contributed by atoms with E-state index in [0.717, 1.165) is 28.5 Å². The second-order valence-corrected chi connectivity index (χ2v) is 4.87. The normalized spacial score (nSPS) is 10.5. The van der Waals surface area contributed by atoms with E-state index in [4.69, 9.17) is 22.1 Å². The molecule has 0 aliphatic heterocycles. The monoisotopic (exact) mass is 268 g/mol. The molecular weight excluding hydrogens is 256 g/mol. The molecule has 3 nitrogen and oxygen atoms in total. The molecule has 0 amide bonds. The average Bonchev–Trinajstić information content (AvgIpc) is 2.74. The lowest BCUT2D eigenvalue weighted by Crippen LogP contribution is -1.97. The van der Waals surface area contributed by atoms with Crippen LogP contribution in [0, 0.1) is 0 Å². The minimum absolute atomic E-state index is 0.429. The Bertz CT molecular complexity index is 513. The Balaban J connectivity index is 2.04. The van der Waals surface area contributed by atoms with Gasteiger partial charge in [0.15, 0.2) is 5.13 Å². The number of ether oxygens (including phenoxy) is 1. The molecule has 0 bridgehead atoms. The van der Waals surface area contributed by atoms with Crippen molar-refractivity contribution >= 4 is 28.1 Å². The minimum Gasteiger partial charge on any atom is -0.487 e. The van der Waals surface area contributed by atoms with Crippen LogP contribution in [0.4, 0.5) is 5.13 Å². The van der Waals surface area contributed by atoms with Crippen LogP contribution in [0.15, 0.2) is 23.6 Å². The molecule has 1 aromatic heterocycles. The number of anilines is 1. The van der Waals surface area contributed by atoms with Gasteiger partial charge in [-0.3, -0.25) is 0 Å². The molecule has 0 fully saturated rings. The van der Waals surface area contributed by atoms with Gasteiger partial charge in [-0.15, -0.1) is 11.3 Å². The second kappa shape index (κ2) is 5.38. The first-order valence-corrected chi connectivity index (χ1v) is 6.56. The van der Waals surface area contributed by atoms with Crippen molar-refractivity contribution in [1.29, 1.82) is 0 Å². The molecule has 0 unspecified atom stereocenters. The summed E-state index contributed by atoms with van der Waals surface area (Å²) in [6, 6.07) is 5.67. The quantitative estimate of drug-likeness (QED) is 0.923. The van der Waals surface area contributed by atoms with Crippen LogP contribution >= 0.6 is 22.9 Å². The Kier molecular flexibility index (Phi) is 3.86. The summed E-state index contributed by atoms with van der Waals surface area (Å²) in [5, 5.41) is 3.23. The van der Waals surface area contributed by atoms with Gasteiger partial charge in [-0.25, -0.2) is 4.98 Å². The van der Waals surface area contributed by atoms with Gasteiger partial charge in [-0.1, -0.05) is 18.5 Å². The summed E-state index contributed by atoms with van der Waals surface area (Å²) in [5.74, 6) is 0.804. The number of rotatable bonds is 4. The summed E-state index contributed by atoms with van der Waals surface area (Å²) in [6.45, 7) is 2.49. The number of halogens is 1. The molecule has 1 heterocycles. The zero-order chi connectivity index (χ0) is 12.3. The van der Waals surface area contributed by atoms with E-state index in [1.54, 1.807) is 0 Å². The molecule has 0 saturated carbocycles. The topological polar surface area (TPSA) is 48.1 Å². The Labute approximate surface area is 109 Å². The maximum atomic E-state index is 6.03.